The summed E-state index contributed by atoms with van der Waals surface area (Å²) in [6, 6.07) is 2.58. The number of rotatable bonds is 2. The molecule has 0 fully saturated rings. The van der Waals surface area contributed by atoms with Gasteiger partial charge in [-0.05, 0) is 12.1 Å². The van der Waals surface area contributed by atoms with Crippen molar-refractivity contribution in [1.82, 2.24) is 0 Å². The van der Waals surface area contributed by atoms with Crippen molar-refractivity contribution in [3.8, 4) is 11.5 Å². The smallest absolute Gasteiger partial charge is 0.339 e. The highest BCUT2D eigenvalue weighted by molar-refractivity contribution is 5.93. The van der Waals surface area contributed by atoms with Crippen LogP contribution in [-0.4, -0.2) is 23.3 Å². The van der Waals surface area contributed by atoms with E-state index in [1.54, 1.807) is 0 Å². The van der Waals surface area contributed by atoms with Crippen LogP contribution in [0.3, 0.4) is 0 Å². The van der Waals surface area contributed by atoms with E-state index in [1.807, 2.05) is 0 Å². The van der Waals surface area contributed by atoms with E-state index in [9.17, 15) is 9.90 Å². The van der Waals surface area contributed by atoms with Crippen LogP contribution < -0.4 is 10.5 Å². The number of nitrogen functional groups attached to an aromatic ring is 1. The molecular weight excluding hydrogens is 174 g/mol. The Morgan fingerprint density at radius 1 is 1.54 bits per heavy atom. The highest BCUT2D eigenvalue weighted by Gasteiger charge is 2.15. The molecule has 0 aliphatic carbocycles. The van der Waals surface area contributed by atoms with E-state index >= 15 is 0 Å². The molecule has 1 rings (SSSR count). The lowest BCUT2D eigenvalue weighted by Crippen LogP contribution is -2.00. The van der Waals surface area contributed by atoms with Crippen molar-refractivity contribution < 1.29 is 19.7 Å². The van der Waals surface area contributed by atoms with E-state index < -0.39 is 11.7 Å². The lowest BCUT2D eigenvalue weighted by Gasteiger charge is -2.08. The number of phenols is 1. The Morgan fingerprint density at radius 2 is 2.15 bits per heavy atom. The second kappa shape index (κ2) is 3.22. The molecular formula is C8H9NO4. The van der Waals surface area contributed by atoms with Gasteiger partial charge in [-0.2, -0.15) is 0 Å². The van der Waals surface area contributed by atoms with Crippen LogP contribution in [0.4, 0.5) is 5.69 Å². The summed E-state index contributed by atoms with van der Waals surface area (Å²) in [4.78, 5) is 10.5. The number of nitrogens with two attached hydrogens (primary N) is 1. The van der Waals surface area contributed by atoms with Crippen LogP contribution in [0.15, 0.2) is 12.1 Å². The van der Waals surface area contributed by atoms with E-state index in [2.05, 4.69) is 0 Å². The van der Waals surface area contributed by atoms with Crippen LogP contribution in [0.2, 0.25) is 0 Å². The zero-order valence-corrected chi connectivity index (χ0v) is 6.94. The molecule has 5 nitrogen and oxygen atoms in total. The number of aromatic hydroxyl groups is 1. The van der Waals surface area contributed by atoms with E-state index in [0.717, 1.165) is 0 Å². The predicted molar refractivity (Wildman–Crippen MR) is 46.0 cm³/mol. The quantitative estimate of drug-likeness (QED) is 0.586. The first-order valence-electron chi connectivity index (χ1n) is 3.46. The molecule has 5 heteroatoms. The highest BCUT2D eigenvalue weighted by atomic mass is 16.5. The number of ether oxygens (including phenoxy) is 1. The maximum Gasteiger partial charge on any atom is 0.339 e. The lowest BCUT2D eigenvalue weighted by molar-refractivity contribution is 0.0693. The molecule has 0 saturated carbocycles. The fraction of sp³-hybridized carbons (Fsp3) is 0.125. The van der Waals surface area contributed by atoms with Crippen LogP contribution in [0.5, 0.6) is 11.5 Å². The van der Waals surface area contributed by atoms with Gasteiger partial charge in [0.05, 0.1) is 12.8 Å². The lowest BCUT2D eigenvalue weighted by atomic mass is 10.1. The molecule has 4 N–H and O–H groups in total. The highest BCUT2D eigenvalue weighted by Crippen LogP contribution is 2.35. The molecule has 0 aliphatic rings. The van der Waals surface area contributed by atoms with Crippen molar-refractivity contribution in [3.05, 3.63) is 17.7 Å². The zero-order valence-electron chi connectivity index (χ0n) is 6.94. The number of carboxylic acids is 1. The van der Waals surface area contributed by atoms with E-state index in [-0.39, 0.29) is 17.0 Å². The Kier molecular flexibility index (Phi) is 2.27. The molecule has 13 heavy (non-hydrogen) atoms. The molecule has 1 aromatic carbocycles. The third-order valence-corrected chi connectivity index (χ3v) is 1.60. The third kappa shape index (κ3) is 1.48. The van der Waals surface area contributed by atoms with Crippen LogP contribution in [0.25, 0.3) is 0 Å². The van der Waals surface area contributed by atoms with Gasteiger partial charge in [0.1, 0.15) is 5.56 Å². The average molecular weight is 183 g/mol. The van der Waals surface area contributed by atoms with Crippen LogP contribution in [0.1, 0.15) is 10.4 Å². The Hall–Kier alpha value is -1.91. The zero-order chi connectivity index (χ0) is 10.0. The summed E-state index contributed by atoms with van der Waals surface area (Å²) < 4.78 is 4.73. The molecule has 0 aliphatic heterocycles. The molecule has 0 bridgehead atoms. The largest absolute Gasteiger partial charge is 0.504 e. The standard InChI is InChI=1S/C8H9NO4/c1-13-7-5(9)3-2-4(6(7)10)8(11)12/h2-3,10H,9H2,1H3,(H,11,12). The van der Waals surface area contributed by atoms with Gasteiger partial charge in [-0.3, -0.25) is 0 Å². The monoisotopic (exact) mass is 183 g/mol. The number of hydrogen-bond acceptors (Lipinski definition) is 4. The number of aromatic carboxylic acids is 1. The second-order valence-electron chi connectivity index (χ2n) is 2.39. The topological polar surface area (TPSA) is 92.8 Å². The van der Waals surface area contributed by atoms with E-state index in [1.165, 1.54) is 19.2 Å². The van der Waals surface area contributed by atoms with Gasteiger partial charge in [-0.1, -0.05) is 0 Å². The first kappa shape index (κ1) is 9.18. The summed E-state index contributed by atoms with van der Waals surface area (Å²) in [7, 11) is 1.30. The molecule has 70 valence electrons. The van der Waals surface area contributed by atoms with Gasteiger partial charge in [-0.15, -0.1) is 0 Å². The third-order valence-electron chi connectivity index (χ3n) is 1.60. The Balaban J connectivity index is 3.35. The minimum Gasteiger partial charge on any atom is -0.504 e. The summed E-state index contributed by atoms with van der Waals surface area (Å²) in [6.07, 6.45) is 0. The minimum absolute atomic E-state index is 0.0140. The van der Waals surface area contributed by atoms with Crippen molar-refractivity contribution >= 4 is 11.7 Å². The summed E-state index contributed by atoms with van der Waals surface area (Å²) >= 11 is 0. The number of carboxylic acid groups (broad SMARTS) is 1. The first-order valence-corrected chi connectivity index (χ1v) is 3.46. The molecule has 0 aromatic heterocycles. The van der Waals surface area contributed by atoms with Crippen LogP contribution in [0, 0.1) is 0 Å². The minimum atomic E-state index is -1.23. The summed E-state index contributed by atoms with van der Waals surface area (Å²) in [5, 5.41) is 18.0. The van der Waals surface area contributed by atoms with E-state index in [0.29, 0.717) is 0 Å². The molecule has 0 heterocycles. The summed E-state index contributed by atoms with van der Waals surface area (Å²) in [5.41, 5.74) is 5.39. The van der Waals surface area contributed by atoms with E-state index in [4.69, 9.17) is 15.6 Å². The second-order valence-corrected chi connectivity index (χ2v) is 2.39. The van der Waals surface area contributed by atoms with Crippen molar-refractivity contribution in [3.63, 3.8) is 0 Å². The first-order chi connectivity index (χ1) is 6.07. The number of anilines is 1. The van der Waals surface area contributed by atoms with Gasteiger partial charge in [0.2, 0.25) is 0 Å². The molecule has 0 unspecified atom stereocenters. The van der Waals surface area contributed by atoms with Crippen molar-refractivity contribution in [2.75, 3.05) is 12.8 Å². The average Bonchev–Trinajstić information content (AvgIpc) is 2.04. The fourth-order valence-corrected chi connectivity index (χ4v) is 0.974. The van der Waals surface area contributed by atoms with Crippen LogP contribution >= 0.6 is 0 Å². The number of hydrogen-bond donors (Lipinski definition) is 3. The van der Waals surface area contributed by atoms with Gasteiger partial charge < -0.3 is 20.7 Å². The number of benzene rings is 1. The van der Waals surface area contributed by atoms with Crippen molar-refractivity contribution in [2.24, 2.45) is 0 Å². The van der Waals surface area contributed by atoms with Crippen molar-refractivity contribution in [2.45, 2.75) is 0 Å². The number of carbonyl (C=O) groups is 1. The predicted octanol–water partition coefficient (Wildman–Crippen LogP) is 0.681. The Bertz CT molecular complexity index is 348. The Morgan fingerprint density at radius 3 is 2.62 bits per heavy atom. The van der Waals surface area contributed by atoms with Crippen molar-refractivity contribution in [1.29, 1.82) is 0 Å². The fourth-order valence-electron chi connectivity index (χ4n) is 0.974. The van der Waals surface area contributed by atoms with Gasteiger partial charge in [-0.25, -0.2) is 4.79 Å². The molecule has 1 aromatic rings. The van der Waals surface area contributed by atoms with Gasteiger partial charge >= 0.3 is 5.97 Å². The molecule has 0 radical (unpaired) electrons. The summed E-state index contributed by atoms with van der Waals surface area (Å²) in [5.74, 6) is -1.69. The normalized spacial score (nSPS) is 9.62. The van der Waals surface area contributed by atoms with Gasteiger partial charge in [0.25, 0.3) is 0 Å². The molecule has 0 amide bonds. The SMILES string of the molecule is COc1c(N)ccc(C(=O)O)c1O. The van der Waals surface area contributed by atoms with Gasteiger partial charge in [0, 0.05) is 0 Å². The molecule has 0 spiro atoms. The van der Waals surface area contributed by atoms with Gasteiger partial charge in [0.15, 0.2) is 11.5 Å². The maximum atomic E-state index is 10.5. The Labute approximate surface area is 74.4 Å². The van der Waals surface area contributed by atoms with Crippen LogP contribution in [-0.2, 0) is 0 Å². The molecule has 0 atom stereocenters. The molecule has 0 saturated heterocycles. The summed E-state index contributed by atoms with van der Waals surface area (Å²) in [6.45, 7) is 0. The number of methoxy groups -OCH3 is 1. The maximum absolute atomic E-state index is 10.5.